The first-order valence-electron chi connectivity index (χ1n) is 7.74. The Morgan fingerprint density at radius 3 is 2.56 bits per heavy atom. The van der Waals surface area contributed by atoms with Crippen molar-refractivity contribution >= 4 is 23.7 Å². The van der Waals surface area contributed by atoms with Crippen LogP contribution in [0.15, 0.2) is 23.4 Å². The third kappa shape index (κ3) is 7.60. The monoisotopic (exact) mass is 399 g/mol. The average molecular weight is 399 g/mol. The van der Waals surface area contributed by atoms with Crippen LogP contribution in [0.25, 0.3) is 5.69 Å². The first-order valence-corrected chi connectivity index (χ1v) is 8.73. The van der Waals surface area contributed by atoms with Crippen molar-refractivity contribution in [2.24, 2.45) is 0 Å². The van der Waals surface area contributed by atoms with E-state index in [0.29, 0.717) is 11.7 Å². The number of rotatable bonds is 8. The van der Waals surface area contributed by atoms with E-state index >= 15 is 0 Å². The van der Waals surface area contributed by atoms with Gasteiger partial charge in [0.05, 0.1) is 13.7 Å². The molecule has 0 aliphatic rings. The Morgan fingerprint density at radius 1 is 1.26 bits per heavy atom. The van der Waals surface area contributed by atoms with Gasteiger partial charge >= 0.3 is 11.9 Å². The van der Waals surface area contributed by atoms with Crippen molar-refractivity contribution < 1.29 is 29.6 Å². The number of hydrogen-bond acceptors (Lipinski definition) is 9. The highest BCUT2D eigenvalue weighted by Crippen LogP contribution is 2.26. The molecule has 0 bridgehead atoms. The summed E-state index contributed by atoms with van der Waals surface area (Å²) < 4.78 is 7.05. The molecule has 0 amide bonds. The van der Waals surface area contributed by atoms with Gasteiger partial charge < -0.3 is 25.4 Å². The normalized spacial score (nSPS) is 10.0. The number of carboxylic acids is 2. The number of hydrogen-bond donors (Lipinski definition) is 4. The van der Waals surface area contributed by atoms with Gasteiger partial charge in [0.25, 0.3) is 0 Å². The number of ether oxygens (including phenoxy) is 1. The molecule has 0 aliphatic heterocycles. The van der Waals surface area contributed by atoms with Crippen LogP contribution in [-0.2, 0) is 9.59 Å². The van der Waals surface area contributed by atoms with Crippen LogP contribution < -0.4 is 10.1 Å². The number of nitrogens with zero attached hydrogens (tertiary/aromatic N) is 4. The zero-order valence-corrected chi connectivity index (χ0v) is 15.6. The fourth-order valence-corrected chi connectivity index (χ4v) is 2.58. The number of aliphatic carboxylic acids is 2. The topological polar surface area (TPSA) is 160 Å². The Labute approximate surface area is 159 Å². The lowest BCUT2D eigenvalue weighted by Crippen LogP contribution is -2.20. The summed E-state index contributed by atoms with van der Waals surface area (Å²) in [5.74, 6) is -2.10. The number of benzene rings is 1. The second kappa shape index (κ2) is 11.8. The largest absolute Gasteiger partial charge is 0.494 e. The number of tetrazole rings is 1. The van der Waals surface area contributed by atoms with E-state index in [9.17, 15) is 0 Å². The standard InChI is InChI=1S/C13H19N5O2S.C2H2O4/c1-10-3-4-12(20-2)11(9-10)18-13(15-16-17-18)21-8-6-14-5-7-19;3-1(4)2(5)6/h3-4,9,14,19H,5-8H2,1-2H3;(H,3,4)(H,5,6). The molecule has 0 fully saturated rings. The molecule has 0 atom stereocenters. The Hall–Kier alpha value is -2.70. The molecular formula is C15H21N5O6S. The molecule has 0 unspecified atom stereocenters. The van der Waals surface area contributed by atoms with Crippen molar-refractivity contribution in [3.8, 4) is 11.4 Å². The predicted octanol–water partition coefficient (Wildman–Crippen LogP) is -0.191. The highest BCUT2D eigenvalue weighted by atomic mass is 32.2. The molecule has 12 heteroatoms. The highest BCUT2D eigenvalue weighted by Gasteiger charge is 2.13. The third-order valence-corrected chi connectivity index (χ3v) is 3.91. The van der Waals surface area contributed by atoms with E-state index < -0.39 is 11.9 Å². The summed E-state index contributed by atoms with van der Waals surface area (Å²) in [5.41, 5.74) is 1.94. The van der Waals surface area contributed by atoms with E-state index in [4.69, 9.17) is 29.6 Å². The fraction of sp³-hybridized carbons (Fsp3) is 0.400. The van der Waals surface area contributed by atoms with E-state index in [1.165, 1.54) is 0 Å². The van der Waals surface area contributed by atoms with E-state index in [0.717, 1.165) is 29.3 Å². The minimum Gasteiger partial charge on any atom is -0.494 e. The smallest absolute Gasteiger partial charge is 0.414 e. The van der Waals surface area contributed by atoms with Crippen molar-refractivity contribution in [3.63, 3.8) is 0 Å². The van der Waals surface area contributed by atoms with Gasteiger partial charge in [0.15, 0.2) is 0 Å². The van der Waals surface area contributed by atoms with E-state index in [1.807, 2.05) is 25.1 Å². The first-order chi connectivity index (χ1) is 12.9. The summed E-state index contributed by atoms with van der Waals surface area (Å²) in [5, 5.41) is 39.2. The molecule has 148 valence electrons. The maximum Gasteiger partial charge on any atom is 0.414 e. The van der Waals surface area contributed by atoms with Gasteiger partial charge in [-0.05, 0) is 35.0 Å². The van der Waals surface area contributed by atoms with Gasteiger partial charge in [-0.3, -0.25) is 0 Å². The molecule has 1 aromatic heterocycles. The molecule has 1 aromatic carbocycles. The number of aryl methyl sites for hydroxylation is 1. The molecule has 11 nitrogen and oxygen atoms in total. The van der Waals surface area contributed by atoms with Gasteiger partial charge in [0, 0.05) is 18.8 Å². The molecule has 0 saturated heterocycles. The quantitative estimate of drug-likeness (QED) is 0.264. The SMILES string of the molecule is COc1ccc(C)cc1-n1nnnc1SCCNCCO.O=C(O)C(=O)O. The van der Waals surface area contributed by atoms with E-state index in [1.54, 1.807) is 23.6 Å². The first kappa shape index (κ1) is 22.3. The van der Waals surface area contributed by atoms with Crippen molar-refractivity contribution in [2.75, 3.05) is 32.6 Å². The summed E-state index contributed by atoms with van der Waals surface area (Å²) in [7, 11) is 1.63. The van der Waals surface area contributed by atoms with Gasteiger partial charge in [-0.15, -0.1) is 5.10 Å². The maximum absolute atomic E-state index is 9.10. The fourth-order valence-electron chi connectivity index (χ4n) is 1.80. The van der Waals surface area contributed by atoms with Gasteiger partial charge in [0.1, 0.15) is 11.4 Å². The number of aliphatic hydroxyl groups is 1. The predicted molar refractivity (Wildman–Crippen MR) is 96.4 cm³/mol. The highest BCUT2D eigenvalue weighted by molar-refractivity contribution is 7.99. The van der Waals surface area contributed by atoms with Gasteiger partial charge in [-0.1, -0.05) is 17.8 Å². The van der Waals surface area contributed by atoms with Crippen molar-refractivity contribution in [1.82, 2.24) is 25.5 Å². The number of nitrogens with one attached hydrogen (secondary N) is 1. The Morgan fingerprint density at radius 2 is 1.96 bits per heavy atom. The second-order valence-electron chi connectivity index (χ2n) is 4.98. The van der Waals surface area contributed by atoms with Gasteiger partial charge in [-0.25, -0.2) is 9.59 Å². The summed E-state index contributed by atoms with van der Waals surface area (Å²) in [6.45, 7) is 3.53. The van der Waals surface area contributed by atoms with Crippen LogP contribution in [0.3, 0.4) is 0 Å². The van der Waals surface area contributed by atoms with Gasteiger partial charge in [0.2, 0.25) is 5.16 Å². The molecule has 4 N–H and O–H groups in total. The number of thioether (sulfide) groups is 1. The molecule has 0 saturated carbocycles. The maximum atomic E-state index is 9.10. The average Bonchev–Trinajstić information content (AvgIpc) is 3.10. The molecule has 2 rings (SSSR count). The van der Waals surface area contributed by atoms with Crippen LogP contribution in [0.2, 0.25) is 0 Å². The van der Waals surface area contributed by atoms with Gasteiger partial charge in [-0.2, -0.15) is 4.68 Å². The van der Waals surface area contributed by atoms with Crippen LogP contribution in [-0.4, -0.2) is 80.0 Å². The Balaban J connectivity index is 0.000000527. The lowest BCUT2D eigenvalue weighted by molar-refractivity contribution is -0.159. The van der Waals surface area contributed by atoms with Crippen molar-refractivity contribution in [1.29, 1.82) is 0 Å². The molecule has 0 spiro atoms. The van der Waals surface area contributed by atoms with Crippen molar-refractivity contribution in [3.05, 3.63) is 23.8 Å². The number of aliphatic hydroxyl groups excluding tert-OH is 1. The second-order valence-corrected chi connectivity index (χ2v) is 6.04. The minimum atomic E-state index is -1.82. The summed E-state index contributed by atoms with van der Waals surface area (Å²) in [6.07, 6.45) is 0. The number of methoxy groups -OCH3 is 1. The molecule has 0 aliphatic carbocycles. The number of carboxylic acid groups (broad SMARTS) is 2. The van der Waals surface area contributed by atoms with Crippen LogP contribution in [0.4, 0.5) is 0 Å². The molecule has 2 aromatic rings. The molecular weight excluding hydrogens is 378 g/mol. The van der Waals surface area contributed by atoms with Crippen molar-refractivity contribution in [2.45, 2.75) is 12.1 Å². The summed E-state index contributed by atoms with van der Waals surface area (Å²) in [6, 6.07) is 5.88. The van der Waals surface area contributed by atoms with Crippen LogP contribution in [0, 0.1) is 6.92 Å². The molecule has 0 radical (unpaired) electrons. The number of aromatic nitrogens is 4. The minimum absolute atomic E-state index is 0.142. The lowest BCUT2D eigenvalue weighted by Gasteiger charge is -2.10. The van der Waals surface area contributed by atoms with Crippen LogP contribution in [0.1, 0.15) is 5.56 Å². The molecule has 1 heterocycles. The van der Waals surface area contributed by atoms with E-state index in [2.05, 4.69) is 20.8 Å². The van der Waals surface area contributed by atoms with Crippen LogP contribution >= 0.6 is 11.8 Å². The third-order valence-electron chi connectivity index (χ3n) is 2.98. The summed E-state index contributed by atoms with van der Waals surface area (Å²) in [4.78, 5) is 18.2. The zero-order chi connectivity index (χ0) is 20.2. The Bertz CT molecular complexity index is 742. The van der Waals surface area contributed by atoms with Crippen LogP contribution in [0.5, 0.6) is 5.75 Å². The zero-order valence-electron chi connectivity index (χ0n) is 14.8. The lowest BCUT2D eigenvalue weighted by atomic mass is 10.2. The van der Waals surface area contributed by atoms with E-state index in [-0.39, 0.29) is 6.61 Å². The summed E-state index contributed by atoms with van der Waals surface area (Å²) >= 11 is 1.55. The molecule has 27 heavy (non-hydrogen) atoms. The Kier molecular flexibility index (Phi) is 9.79. The number of carbonyl (C=O) groups is 2.